The van der Waals surface area contributed by atoms with E-state index >= 15 is 0 Å². The van der Waals surface area contributed by atoms with Crippen molar-refractivity contribution in [2.75, 3.05) is 5.32 Å². The van der Waals surface area contributed by atoms with E-state index in [9.17, 15) is 9.65 Å². The average Bonchev–Trinajstić information content (AvgIpc) is 2.42. The van der Waals surface area contributed by atoms with Crippen LogP contribution in [-0.4, -0.2) is 5.54 Å². The molecule has 3 heteroatoms. The molecule has 1 aromatic carbocycles. The van der Waals surface area contributed by atoms with E-state index in [2.05, 4.69) is 11.4 Å². The Hall–Kier alpha value is -1.56. The van der Waals surface area contributed by atoms with Gasteiger partial charge in [0.15, 0.2) is 0 Å². The van der Waals surface area contributed by atoms with Gasteiger partial charge in [0.25, 0.3) is 0 Å². The van der Waals surface area contributed by atoms with E-state index in [1.807, 2.05) is 6.92 Å². The summed E-state index contributed by atoms with van der Waals surface area (Å²) < 4.78 is 12.9. The van der Waals surface area contributed by atoms with Crippen molar-refractivity contribution in [3.8, 4) is 6.07 Å². The Morgan fingerprint density at radius 3 is 2.39 bits per heavy atom. The highest BCUT2D eigenvalue weighted by molar-refractivity contribution is 5.47. The molecule has 1 aliphatic rings. The lowest BCUT2D eigenvalue weighted by molar-refractivity contribution is 0.286. The topological polar surface area (TPSA) is 35.8 Å². The van der Waals surface area contributed by atoms with E-state index < -0.39 is 5.54 Å². The van der Waals surface area contributed by atoms with Crippen LogP contribution in [0.25, 0.3) is 0 Å². The molecule has 1 N–H and O–H groups in total. The summed E-state index contributed by atoms with van der Waals surface area (Å²) in [5.74, 6) is 0.123. The number of nitrogens with zero attached hydrogens (tertiary/aromatic N) is 1. The lowest BCUT2D eigenvalue weighted by atomic mass is 9.76. The van der Waals surface area contributed by atoms with Crippen molar-refractivity contribution >= 4 is 5.69 Å². The molecule has 2 rings (SSSR count). The predicted octanol–water partition coefficient (Wildman–Crippen LogP) is 4.10. The van der Waals surface area contributed by atoms with E-state index in [0.717, 1.165) is 18.5 Å². The number of anilines is 1. The fraction of sp³-hybridized carbons (Fsp3) is 0.533. The van der Waals surface area contributed by atoms with Crippen LogP contribution in [-0.2, 0) is 0 Å². The fourth-order valence-corrected chi connectivity index (χ4v) is 2.73. The van der Waals surface area contributed by atoms with Crippen LogP contribution in [0.1, 0.15) is 39.0 Å². The maximum Gasteiger partial charge on any atom is 0.125 e. The Labute approximate surface area is 108 Å². The number of nitrogens with one attached hydrogen (secondary N) is 1. The summed E-state index contributed by atoms with van der Waals surface area (Å²) in [6.45, 7) is 1.95. The largest absolute Gasteiger partial charge is 0.367 e. The number of benzene rings is 1. The van der Waals surface area contributed by atoms with Crippen molar-refractivity contribution in [3.63, 3.8) is 0 Å². The van der Waals surface area contributed by atoms with E-state index in [-0.39, 0.29) is 5.82 Å². The fourth-order valence-electron chi connectivity index (χ4n) is 2.73. The standard InChI is InChI=1S/C15H19FN2/c1-15(11-17,12-5-3-2-4-6-12)18-14-9-7-13(16)8-10-14/h7-10,12,18H,2-6H2,1H3. The highest BCUT2D eigenvalue weighted by Gasteiger charge is 2.34. The molecular formula is C15H19FN2. The summed E-state index contributed by atoms with van der Waals surface area (Å²) in [4.78, 5) is 0. The molecule has 0 bridgehead atoms. The van der Waals surface area contributed by atoms with Crippen molar-refractivity contribution in [1.29, 1.82) is 5.26 Å². The van der Waals surface area contributed by atoms with E-state index in [1.165, 1.54) is 31.4 Å². The zero-order valence-electron chi connectivity index (χ0n) is 10.7. The lowest BCUT2D eigenvalue weighted by Crippen LogP contribution is -2.42. The molecule has 0 radical (unpaired) electrons. The molecule has 0 aliphatic heterocycles. The molecule has 0 spiro atoms. The second kappa shape index (κ2) is 5.39. The summed E-state index contributed by atoms with van der Waals surface area (Å²) in [6, 6.07) is 8.62. The van der Waals surface area contributed by atoms with Crippen LogP contribution in [0.2, 0.25) is 0 Å². The van der Waals surface area contributed by atoms with Gasteiger partial charge in [-0.1, -0.05) is 19.3 Å². The molecule has 1 aliphatic carbocycles. The third-order valence-electron chi connectivity index (χ3n) is 3.90. The summed E-state index contributed by atoms with van der Waals surface area (Å²) in [7, 11) is 0. The Bertz CT molecular complexity index is 429. The van der Waals surface area contributed by atoms with E-state index in [4.69, 9.17) is 0 Å². The Kier molecular flexibility index (Phi) is 3.86. The third-order valence-corrected chi connectivity index (χ3v) is 3.90. The maximum absolute atomic E-state index is 12.9. The van der Waals surface area contributed by atoms with Crippen LogP contribution in [0.5, 0.6) is 0 Å². The smallest absolute Gasteiger partial charge is 0.125 e. The van der Waals surface area contributed by atoms with Crippen LogP contribution in [0, 0.1) is 23.1 Å². The van der Waals surface area contributed by atoms with Gasteiger partial charge in [0, 0.05) is 5.69 Å². The molecular weight excluding hydrogens is 227 g/mol. The molecule has 0 amide bonds. The minimum Gasteiger partial charge on any atom is -0.367 e. The molecule has 0 saturated heterocycles. The lowest BCUT2D eigenvalue weighted by Gasteiger charge is -2.35. The summed E-state index contributed by atoms with van der Waals surface area (Å²) in [5, 5.41) is 12.7. The first-order valence-electron chi connectivity index (χ1n) is 6.59. The van der Waals surface area contributed by atoms with Gasteiger partial charge in [-0.05, 0) is 49.9 Å². The van der Waals surface area contributed by atoms with Crippen molar-refractivity contribution in [2.45, 2.75) is 44.6 Å². The van der Waals surface area contributed by atoms with Crippen molar-refractivity contribution in [2.24, 2.45) is 5.92 Å². The molecule has 1 saturated carbocycles. The van der Waals surface area contributed by atoms with Gasteiger partial charge < -0.3 is 5.32 Å². The Morgan fingerprint density at radius 2 is 1.83 bits per heavy atom. The minimum absolute atomic E-state index is 0.253. The first-order valence-corrected chi connectivity index (χ1v) is 6.59. The number of rotatable bonds is 3. The average molecular weight is 246 g/mol. The SMILES string of the molecule is CC(C#N)(Nc1ccc(F)cc1)C1CCCCC1. The molecule has 96 valence electrons. The van der Waals surface area contributed by atoms with Crippen molar-refractivity contribution < 1.29 is 4.39 Å². The predicted molar refractivity (Wildman–Crippen MR) is 70.6 cm³/mol. The normalized spacial score (nSPS) is 19.8. The zero-order valence-corrected chi connectivity index (χ0v) is 10.7. The van der Waals surface area contributed by atoms with Gasteiger partial charge in [-0.25, -0.2) is 4.39 Å². The van der Waals surface area contributed by atoms with Gasteiger partial charge in [0.1, 0.15) is 11.4 Å². The molecule has 1 atom stereocenters. The first-order chi connectivity index (χ1) is 8.64. The molecule has 0 aromatic heterocycles. The van der Waals surface area contributed by atoms with Crippen LogP contribution in [0.15, 0.2) is 24.3 Å². The molecule has 1 fully saturated rings. The summed E-state index contributed by atoms with van der Waals surface area (Å²) >= 11 is 0. The Balaban J connectivity index is 2.12. The second-order valence-corrected chi connectivity index (χ2v) is 5.28. The highest BCUT2D eigenvalue weighted by atomic mass is 19.1. The highest BCUT2D eigenvalue weighted by Crippen LogP contribution is 2.34. The van der Waals surface area contributed by atoms with E-state index in [1.54, 1.807) is 12.1 Å². The Morgan fingerprint density at radius 1 is 1.22 bits per heavy atom. The van der Waals surface area contributed by atoms with Crippen LogP contribution >= 0.6 is 0 Å². The molecule has 1 aromatic rings. The molecule has 0 heterocycles. The third kappa shape index (κ3) is 2.81. The van der Waals surface area contributed by atoms with Crippen LogP contribution in [0.4, 0.5) is 10.1 Å². The number of hydrogen-bond donors (Lipinski definition) is 1. The van der Waals surface area contributed by atoms with Crippen LogP contribution < -0.4 is 5.32 Å². The summed E-state index contributed by atoms with van der Waals surface area (Å²) in [5.41, 5.74) is 0.254. The minimum atomic E-state index is -0.557. The van der Waals surface area contributed by atoms with Crippen LogP contribution in [0.3, 0.4) is 0 Å². The molecule has 1 unspecified atom stereocenters. The van der Waals surface area contributed by atoms with Crippen molar-refractivity contribution in [3.05, 3.63) is 30.1 Å². The van der Waals surface area contributed by atoms with Gasteiger partial charge in [-0.2, -0.15) is 5.26 Å². The second-order valence-electron chi connectivity index (χ2n) is 5.28. The quantitative estimate of drug-likeness (QED) is 0.871. The number of hydrogen-bond acceptors (Lipinski definition) is 2. The van der Waals surface area contributed by atoms with Crippen molar-refractivity contribution in [1.82, 2.24) is 0 Å². The van der Waals surface area contributed by atoms with Gasteiger partial charge in [0.05, 0.1) is 6.07 Å². The maximum atomic E-state index is 12.9. The summed E-state index contributed by atoms with van der Waals surface area (Å²) in [6.07, 6.45) is 5.87. The van der Waals surface area contributed by atoms with E-state index in [0.29, 0.717) is 5.92 Å². The van der Waals surface area contributed by atoms with Gasteiger partial charge >= 0.3 is 0 Å². The molecule has 2 nitrogen and oxygen atoms in total. The first kappa shape index (κ1) is 12.9. The zero-order chi connectivity index (χ0) is 13.0. The number of halogens is 1. The monoisotopic (exact) mass is 246 g/mol. The number of nitriles is 1. The molecule has 18 heavy (non-hydrogen) atoms. The van der Waals surface area contributed by atoms with Gasteiger partial charge in [-0.3, -0.25) is 0 Å². The van der Waals surface area contributed by atoms with Gasteiger partial charge in [-0.15, -0.1) is 0 Å². The van der Waals surface area contributed by atoms with Gasteiger partial charge in [0.2, 0.25) is 0 Å².